The van der Waals surface area contributed by atoms with Gasteiger partial charge >= 0.3 is 0 Å². The molecule has 0 aromatic carbocycles. The summed E-state index contributed by atoms with van der Waals surface area (Å²) in [6, 6.07) is 0. The third kappa shape index (κ3) is 0.845. The highest BCUT2D eigenvalue weighted by atomic mass is 16.8. The summed E-state index contributed by atoms with van der Waals surface area (Å²) in [5.41, 5.74) is 0. The first kappa shape index (κ1) is 6.54. The van der Waals surface area contributed by atoms with E-state index >= 15 is 0 Å². The Morgan fingerprint density at radius 3 is 2.80 bits per heavy atom. The molecule has 0 aromatic heterocycles. The fraction of sp³-hybridized carbons (Fsp3) is 1.00. The van der Waals surface area contributed by atoms with Crippen LogP contribution in [0.25, 0.3) is 0 Å². The Balaban J connectivity index is 1.93. The Morgan fingerprint density at radius 1 is 1.40 bits per heavy atom. The molecule has 2 fully saturated rings. The van der Waals surface area contributed by atoms with Gasteiger partial charge in [-0.1, -0.05) is 0 Å². The normalized spacial score (nSPS) is 53.4. The van der Waals surface area contributed by atoms with Crippen LogP contribution in [0.2, 0.25) is 0 Å². The second kappa shape index (κ2) is 2.17. The molecule has 0 unspecified atom stereocenters. The van der Waals surface area contributed by atoms with Crippen molar-refractivity contribution in [1.82, 2.24) is 0 Å². The van der Waals surface area contributed by atoms with Crippen LogP contribution < -0.4 is 0 Å². The van der Waals surface area contributed by atoms with Gasteiger partial charge in [0.1, 0.15) is 0 Å². The van der Waals surface area contributed by atoms with Crippen LogP contribution in [0, 0.1) is 5.92 Å². The molecular formula is C6H10O4. The average Bonchev–Trinajstić information content (AvgIpc) is 1.86. The zero-order valence-corrected chi connectivity index (χ0v) is 5.69. The van der Waals surface area contributed by atoms with Crippen LogP contribution in [0.4, 0.5) is 0 Å². The third-order valence-corrected chi connectivity index (χ3v) is 1.84. The highest BCUT2D eigenvalue weighted by Gasteiger charge is 2.46. The van der Waals surface area contributed by atoms with Gasteiger partial charge in [0.25, 0.3) is 0 Å². The van der Waals surface area contributed by atoms with Gasteiger partial charge in [-0.05, 0) is 6.92 Å². The van der Waals surface area contributed by atoms with Gasteiger partial charge in [0.05, 0.1) is 12.5 Å². The van der Waals surface area contributed by atoms with Crippen LogP contribution >= 0.6 is 0 Å². The number of hydrogen-bond acceptors (Lipinski definition) is 4. The summed E-state index contributed by atoms with van der Waals surface area (Å²) in [5.74, 6) is 0.0243. The first-order valence-electron chi connectivity index (χ1n) is 3.38. The molecule has 0 radical (unpaired) electrons. The Labute approximate surface area is 58.7 Å². The zero-order chi connectivity index (χ0) is 7.14. The predicted octanol–water partition coefficient (Wildman–Crippen LogP) is -0.330. The van der Waals surface area contributed by atoms with E-state index in [0.29, 0.717) is 6.61 Å². The smallest absolute Gasteiger partial charge is 0.173 e. The maximum Gasteiger partial charge on any atom is 0.173 e. The van der Waals surface area contributed by atoms with Crippen molar-refractivity contribution in [2.75, 3.05) is 6.61 Å². The van der Waals surface area contributed by atoms with Crippen molar-refractivity contribution < 1.29 is 19.3 Å². The van der Waals surface area contributed by atoms with Gasteiger partial charge in [-0.15, -0.1) is 0 Å². The molecule has 2 saturated heterocycles. The first-order valence-corrected chi connectivity index (χ1v) is 3.38. The standard InChI is InChI=1S/C6H10O4/c1-3-8-2-4-5(7)10-6(4)9-3/h3-7H,2H2,1H3/t3-,4+,5-,6+/m1/s1. The van der Waals surface area contributed by atoms with Crippen LogP contribution in [-0.4, -0.2) is 30.6 Å². The molecule has 10 heavy (non-hydrogen) atoms. The maximum absolute atomic E-state index is 8.95. The third-order valence-electron chi connectivity index (χ3n) is 1.84. The van der Waals surface area contributed by atoms with Crippen LogP contribution in [-0.2, 0) is 14.2 Å². The van der Waals surface area contributed by atoms with Crippen molar-refractivity contribution in [2.24, 2.45) is 5.92 Å². The summed E-state index contributed by atoms with van der Waals surface area (Å²) >= 11 is 0. The number of hydrogen-bond donors (Lipinski definition) is 1. The summed E-state index contributed by atoms with van der Waals surface area (Å²) in [6.07, 6.45) is -1.12. The van der Waals surface area contributed by atoms with E-state index in [1.807, 2.05) is 6.92 Å². The molecule has 2 aliphatic rings. The fourth-order valence-electron chi connectivity index (χ4n) is 1.15. The second-order valence-corrected chi connectivity index (χ2v) is 2.60. The van der Waals surface area contributed by atoms with Crippen molar-refractivity contribution in [3.8, 4) is 0 Å². The van der Waals surface area contributed by atoms with Gasteiger partial charge in [-0.25, -0.2) is 0 Å². The number of aliphatic hydroxyl groups excluding tert-OH is 1. The van der Waals surface area contributed by atoms with E-state index in [1.54, 1.807) is 0 Å². The minimum Gasteiger partial charge on any atom is -0.367 e. The highest BCUT2D eigenvalue weighted by molar-refractivity contribution is 4.78. The summed E-state index contributed by atoms with van der Waals surface area (Å²) in [4.78, 5) is 0. The average molecular weight is 146 g/mol. The molecule has 0 aliphatic carbocycles. The molecule has 0 amide bonds. The number of ether oxygens (including phenoxy) is 3. The van der Waals surface area contributed by atoms with Crippen molar-refractivity contribution in [3.63, 3.8) is 0 Å². The lowest BCUT2D eigenvalue weighted by Crippen LogP contribution is -2.57. The molecular weight excluding hydrogens is 136 g/mol. The van der Waals surface area contributed by atoms with Crippen LogP contribution in [0.3, 0.4) is 0 Å². The molecule has 4 atom stereocenters. The van der Waals surface area contributed by atoms with Crippen molar-refractivity contribution in [1.29, 1.82) is 0 Å². The second-order valence-electron chi connectivity index (χ2n) is 2.60. The van der Waals surface area contributed by atoms with Crippen molar-refractivity contribution >= 4 is 0 Å². The predicted molar refractivity (Wildman–Crippen MR) is 30.9 cm³/mol. The summed E-state index contributed by atoms with van der Waals surface area (Å²) in [5, 5.41) is 8.95. The summed E-state index contributed by atoms with van der Waals surface area (Å²) in [7, 11) is 0. The van der Waals surface area contributed by atoms with E-state index in [0.717, 1.165) is 0 Å². The van der Waals surface area contributed by atoms with E-state index in [-0.39, 0.29) is 18.5 Å². The quantitative estimate of drug-likeness (QED) is 0.508. The molecule has 2 heterocycles. The van der Waals surface area contributed by atoms with E-state index in [4.69, 9.17) is 19.3 Å². The van der Waals surface area contributed by atoms with Crippen LogP contribution in [0.15, 0.2) is 0 Å². The van der Waals surface area contributed by atoms with E-state index in [2.05, 4.69) is 0 Å². The van der Waals surface area contributed by atoms with Crippen molar-refractivity contribution in [3.05, 3.63) is 0 Å². The van der Waals surface area contributed by atoms with Gasteiger partial charge < -0.3 is 19.3 Å². The summed E-state index contributed by atoms with van der Waals surface area (Å²) in [6.45, 7) is 2.34. The van der Waals surface area contributed by atoms with Gasteiger partial charge in [0, 0.05) is 0 Å². The molecule has 58 valence electrons. The first-order chi connectivity index (χ1) is 4.77. The van der Waals surface area contributed by atoms with Gasteiger partial charge in [-0.3, -0.25) is 0 Å². The van der Waals surface area contributed by atoms with Gasteiger partial charge in [0.2, 0.25) is 0 Å². The molecule has 1 N–H and O–H groups in total. The Kier molecular flexibility index (Phi) is 1.42. The molecule has 0 bridgehead atoms. The molecule has 2 rings (SSSR count). The maximum atomic E-state index is 8.95. The molecule has 4 heteroatoms. The number of fused-ring (bicyclic) bond motifs is 1. The largest absolute Gasteiger partial charge is 0.367 e. The van der Waals surface area contributed by atoms with Crippen molar-refractivity contribution in [2.45, 2.75) is 25.8 Å². The number of aliphatic hydroxyl groups is 1. The lowest BCUT2D eigenvalue weighted by molar-refractivity contribution is -0.429. The van der Waals surface area contributed by atoms with Gasteiger partial charge in [0.15, 0.2) is 18.9 Å². The lowest BCUT2D eigenvalue weighted by atomic mass is 10.0. The van der Waals surface area contributed by atoms with Gasteiger partial charge in [-0.2, -0.15) is 0 Å². The topological polar surface area (TPSA) is 47.9 Å². The lowest BCUT2D eigenvalue weighted by Gasteiger charge is -2.45. The minimum atomic E-state index is -0.683. The molecule has 0 aromatic rings. The minimum absolute atomic E-state index is 0.0243. The van der Waals surface area contributed by atoms with E-state index in [9.17, 15) is 0 Å². The van der Waals surface area contributed by atoms with E-state index in [1.165, 1.54) is 0 Å². The van der Waals surface area contributed by atoms with Crippen LogP contribution in [0.1, 0.15) is 6.92 Å². The Bertz CT molecular complexity index is 136. The zero-order valence-electron chi connectivity index (χ0n) is 5.69. The fourth-order valence-corrected chi connectivity index (χ4v) is 1.15. The SMILES string of the molecule is C[C@@H]1OC[C@@H]2[C@@H](O1)O[C@H]2O. The highest BCUT2D eigenvalue weighted by Crippen LogP contribution is 2.32. The molecule has 0 saturated carbocycles. The molecule has 2 aliphatic heterocycles. The Morgan fingerprint density at radius 2 is 2.20 bits per heavy atom. The monoisotopic (exact) mass is 146 g/mol. The van der Waals surface area contributed by atoms with Crippen LogP contribution in [0.5, 0.6) is 0 Å². The molecule has 0 spiro atoms. The summed E-state index contributed by atoms with van der Waals surface area (Å²) < 4.78 is 15.1. The van der Waals surface area contributed by atoms with E-state index < -0.39 is 6.29 Å². The number of rotatable bonds is 0. The Hall–Kier alpha value is -0.160. The molecule has 4 nitrogen and oxygen atoms in total.